The molecular weight excluding hydrogens is 434 g/mol. The predicted molar refractivity (Wildman–Crippen MR) is 129 cm³/mol. The van der Waals surface area contributed by atoms with Gasteiger partial charge in [0.05, 0.1) is 12.1 Å². The summed E-state index contributed by atoms with van der Waals surface area (Å²) in [4.78, 5) is 31.6. The Labute approximate surface area is 198 Å². The number of rotatable bonds is 8. The van der Waals surface area contributed by atoms with Gasteiger partial charge in [0.25, 0.3) is 0 Å². The first-order valence-electron chi connectivity index (χ1n) is 11.3. The molecule has 1 N–H and O–H groups in total. The smallest absolute Gasteiger partial charge is 0.228 e. The third-order valence-electron chi connectivity index (χ3n) is 5.84. The molecule has 1 aromatic heterocycles. The summed E-state index contributed by atoms with van der Waals surface area (Å²) in [5.41, 5.74) is 3.05. The van der Waals surface area contributed by atoms with Gasteiger partial charge in [-0.2, -0.15) is 0 Å². The molecule has 1 aliphatic heterocycles. The van der Waals surface area contributed by atoms with Crippen LogP contribution in [0.4, 0.5) is 0 Å². The Kier molecular flexibility index (Phi) is 7.73. The average Bonchev–Trinajstić information content (AvgIpc) is 3.30. The van der Waals surface area contributed by atoms with Crippen LogP contribution in [0.2, 0.25) is 0 Å². The van der Waals surface area contributed by atoms with E-state index >= 15 is 0 Å². The highest BCUT2D eigenvalue weighted by Gasteiger charge is 2.27. The first-order chi connectivity index (χ1) is 16.1. The third kappa shape index (κ3) is 6.65. The Balaban J connectivity index is 1.19. The maximum Gasteiger partial charge on any atom is 0.228 e. The lowest BCUT2D eigenvalue weighted by Gasteiger charge is -2.31. The van der Waals surface area contributed by atoms with E-state index in [1.165, 1.54) is 16.9 Å². The molecule has 0 saturated carbocycles. The molecule has 172 valence electrons. The summed E-state index contributed by atoms with van der Waals surface area (Å²) in [6, 6.07) is 17.8. The number of nitrogens with one attached hydrogen (secondary N) is 1. The zero-order valence-electron chi connectivity index (χ0n) is 18.8. The Morgan fingerprint density at radius 3 is 2.55 bits per heavy atom. The topological polar surface area (TPSA) is 71.5 Å². The van der Waals surface area contributed by atoms with Crippen molar-refractivity contribution in [1.82, 2.24) is 15.2 Å². The van der Waals surface area contributed by atoms with Gasteiger partial charge in [0.2, 0.25) is 11.8 Å². The molecule has 7 heteroatoms. The number of aromatic nitrogens is 1. The Morgan fingerprint density at radius 2 is 1.82 bits per heavy atom. The van der Waals surface area contributed by atoms with Gasteiger partial charge < -0.3 is 15.0 Å². The Bertz CT molecular complexity index is 1060. The van der Waals surface area contributed by atoms with Gasteiger partial charge in [0.15, 0.2) is 0 Å². The van der Waals surface area contributed by atoms with Crippen molar-refractivity contribution >= 4 is 23.2 Å². The third-order valence-corrected chi connectivity index (χ3v) is 6.71. The number of hydrogen-bond donors (Lipinski definition) is 1. The van der Waals surface area contributed by atoms with Crippen molar-refractivity contribution in [3.63, 3.8) is 0 Å². The van der Waals surface area contributed by atoms with Crippen LogP contribution in [0.25, 0.3) is 0 Å². The van der Waals surface area contributed by atoms with E-state index in [1.807, 2.05) is 71.8 Å². The number of carbonyl (C=O) groups is 2. The minimum atomic E-state index is -0.0393. The van der Waals surface area contributed by atoms with Crippen LogP contribution in [0.3, 0.4) is 0 Å². The summed E-state index contributed by atoms with van der Waals surface area (Å²) in [6.07, 6.45) is 1.67. The number of benzene rings is 2. The number of likely N-dealkylation sites (tertiary alicyclic amines) is 1. The van der Waals surface area contributed by atoms with Crippen molar-refractivity contribution in [2.75, 3.05) is 13.1 Å². The van der Waals surface area contributed by atoms with E-state index in [4.69, 9.17) is 4.74 Å². The molecule has 1 fully saturated rings. The zero-order valence-corrected chi connectivity index (χ0v) is 19.6. The number of thiazole rings is 1. The number of hydrogen-bond acceptors (Lipinski definition) is 5. The predicted octanol–water partition coefficient (Wildman–Crippen LogP) is 4.13. The van der Waals surface area contributed by atoms with Crippen LogP contribution >= 0.6 is 11.3 Å². The quantitative estimate of drug-likeness (QED) is 0.545. The minimum Gasteiger partial charge on any atom is -0.486 e. The van der Waals surface area contributed by atoms with Crippen molar-refractivity contribution in [3.8, 4) is 5.75 Å². The highest BCUT2D eigenvalue weighted by Crippen LogP contribution is 2.20. The molecule has 0 atom stereocenters. The summed E-state index contributed by atoms with van der Waals surface area (Å²) in [5.74, 6) is 0.907. The normalized spacial score (nSPS) is 14.2. The van der Waals surface area contributed by atoms with Crippen LogP contribution in [0, 0.1) is 12.8 Å². The molecule has 6 nitrogen and oxygen atoms in total. The number of piperidine rings is 1. The number of nitrogens with zero attached hydrogens (tertiary/aromatic N) is 2. The fourth-order valence-electron chi connectivity index (χ4n) is 3.86. The van der Waals surface area contributed by atoms with Gasteiger partial charge in [0, 0.05) is 30.9 Å². The lowest BCUT2D eigenvalue weighted by Crippen LogP contribution is -2.43. The van der Waals surface area contributed by atoms with E-state index in [9.17, 15) is 9.59 Å². The standard InChI is InChI=1S/C26H29N3O3S/c1-19-7-9-23(10-8-19)32-17-24-28-22(18-33-24)15-25(30)29-13-11-21(12-14-29)26(31)27-16-20-5-3-2-4-6-20/h2-10,18,21H,11-17H2,1H3,(H,27,31). The fourth-order valence-corrected chi connectivity index (χ4v) is 4.57. The van der Waals surface area contributed by atoms with Crippen LogP contribution < -0.4 is 10.1 Å². The Hall–Kier alpha value is -3.19. The SMILES string of the molecule is Cc1ccc(OCc2nc(CC(=O)N3CCC(C(=O)NCc4ccccc4)CC3)cs2)cc1. The summed E-state index contributed by atoms with van der Waals surface area (Å²) in [6.45, 7) is 4.19. The first kappa shape index (κ1) is 23.0. The molecule has 1 saturated heterocycles. The van der Waals surface area contributed by atoms with Gasteiger partial charge in [-0.25, -0.2) is 4.98 Å². The van der Waals surface area contributed by atoms with Gasteiger partial charge in [-0.3, -0.25) is 9.59 Å². The van der Waals surface area contributed by atoms with E-state index in [-0.39, 0.29) is 24.2 Å². The van der Waals surface area contributed by atoms with Gasteiger partial charge in [0.1, 0.15) is 17.4 Å². The molecule has 0 aliphatic carbocycles. The molecule has 0 spiro atoms. The molecule has 2 heterocycles. The highest BCUT2D eigenvalue weighted by molar-refractivity contribution is 7.09. The van der Waals surface area contributed by atoms with Crippen molar-refractivity contribution < 1.29 is 14.3 Å². The fraction of sp³-hybridized carbons (Fsp3) is 0.346. The van der Waals surface area contributed by atoms with Gasteiger partial charge in [-0.1, -0.05) is 48.0 Å². The van der Waals surface area contributed by atoms with Crippen LogP contribution in [0.15, 0.2) is 60.0 Å². The number of aryl methyl sites for hydroxylation is 1. The van der Waals surface area contributed by atoms with E-state index in [0.29, 0.717) is 39.1 Å². The zero-order chi connectivity index (χ0) is 23.0. The second-order valence-electron chi connectivity index (χ2n) is 8.37. The van der Waals surface area contributed by atoms with Gasteiger partial charge in [-0.15, -0.1) is 11.3 Å². The van der Waals surface area contributed by atoms with Gasteiger partial charge >= 0.3 is 0 Å². The molecule has 0 unspecified atom stereocenters. The summed E-state index contributed by atoms with van der Waals surface area (Å²) in [7, 11) is 0. The van der Waals surface area contributed by atoms with E-state index in [0.717, 1.165) is 22.0 Å². The minimum absolute atomic E-state index is 0.0393. The number of ether oxygens (including phenoxy) is 1. The second kappa shape index (κ2) is 11.1. The molecule has 3 aromatic rings. The second-order valence-corrected chi connectivity index (χ2v) is 9.31. The number of carbonyl (C=O) groups excluding carboxylic acids is 2. The number of amides is 2. The molecule has 2 amide bonds. The molecule has 2 aromatic carbocycles. The van der Waals surface area contributed by atoms with Crippen molar-refractivity contribution in [2.45, 2.75) is 39.3 Å². The maximum atomic E-state index is 12.7. The Morgan fingerprint density at radius 1 is 1.09 bits per heavy atom. The lowest BCUT2D eigenvalue weighted by atomic mass is 9.95. The molecule has 4 rings (SSSR count). The summed E-state index contributed by atoms with van der Waals surface area (Å²) >= 11 is 1.51. The van der Waals surface area contributed by atoms with E-state index in [1.54, 1.807) is 0 Å². The highest BCUT2D eigenvalue weighted by atomic mass is 32.1. The van der Waals surface area contributed by atoms with Crippen molar-refractivity contribution in [3.05, 3.63) is 81.8 Å². The largest absolute Gasteiger partial charge is 0.486 e. The van der Waals surface area contributed by atoms with Crippen molar-refractivity contribution in [1.29, 1.82) is 0 Å². The molecular formula is C26H29N3O3S. The first-order valence-corrected chi connectivity index (χ1v) is 12.2. The van der Waals surface area contributed by atoms with E-state index < -0.39 is 0 Å². The summed E-state index contributed by atoms with van der Waals surface area (Å²) < 4.78 is 5.78. The van der Waals surface area contributed by atoms with Crippen LogP contribution in [0.5, 0.6) is 5.75 Å². The van der Waals surface area contributed by atoms with Crippen LogP contribution in [0.1, 0.15) is 34.7 Å². The lowest BCUT2D eigenvalue weighted by molar-refractivity contribution is -0.135. The summed E-state index contributed by atoms with van der Waals surface area (Å²) in [5, 5.41) is 5.80. The van der Waals surface area contributed by atoms with Crippen LogP contribution in [-0.4, -0.2) is 34.8 Å². The molecule has 33 heavy (non-hydrogen) atoms. The van der Waals surface area contributed by atoms with Crippen molar-refractivity contribution in [2.24, 2.45) is 5.92 Å². The van der Waals surface area contributed by atoms with Crippen LogP contribution in [-0.2, 0) is 29.2 Å². The van der Waals surface area contributed by atoms with Gasteiger partial charge in [-0.05, 0) is 37.5 Å². The molecule has 0 radical (unpaired) electrons. The van der Waals surface area contributed by atoms with E-state index in [2.05, 4.69) is 10.3 Å². The molecule has 0 bridgehead atoms. The molecule has 1 aliphatic rings. The maximum absolute atomic E-state index is 12.7. The monoisotopic (exact) mass is 463 g/mol. The average molecular weight is 464 g/mol.